The molecule has 0 unspecified atom stereocenters. The van der Waals surface area contributed by atoms with Crippen LogP contribution >= 0.6 is 0 Å². The van der Waals surface area contributed by atoms with Crippen molar-refractivity contribution < 1.29 is 105 Å². The van der Waals surface area contributed by atoms with Crippen LogP contribution in [-0.4, -0.2) is 20.0 Å². The first-order valence-electron chi connectivity index (χ1n) is 27.1. The summed E-state index contributed by atoms with van der Waals surface area (Å²) in [5, 5.41) is 1.55. The standard InChI is InChI=1S/C32H12BF24.C27H35Se/c34-25(35,36)13-1-14(26(37,38)39)6-21(5-13)33(22-7-15(27(40,41)42)2-16(8-22)28(43,44)45,23-9-17(29(46,47)48)3-18(10-23)30(49,50)51)24-11-19(31(52,53)54)4-20(12-24)32(55,56)57;1-2-4-17(5-3-1)16-28-26(22-8-18-6-19(10-22)11-23(26)9-18)27(28)24-12-20-7-21(14-24)15-25(27)13-20/h1-12H;1-5,18-25H,6-16H2/q-1;+1. The molecule has 460 valence electrons. The van der Waals surface area contributed by atoms with E-state index in [0.29, 0.717) is 0 Å². The van der Waals surface area contributed by atoms with Gasteiger partial charge in [-0.2, -0.15) is 127 Å². The average molecular weight is 1300 g/mol. The third kappa shape index (κ3) is 10.6. The number of alkyl halides is 24. The molecule has 2 spiro atoms. The quantitative estimate of drug-likeness (QED) is 0.117. The molecular weight excluding hydrogens is 1250 g/mol. The van der Waals surface area contributed by atoms with Crippen LogP contribution < -0.4 is 21.9 Å². The minimum absolute atomic E-state index is 0.578. The normalized spacial score (nSPS) is 29.2. The van der Waals surface area contributed by atoms with Crippen LogP contribution in [0.4, 0.5) is 105 Å². The summed E-state index contributed by atoms with van der Waals surface area (Å²) < 4.78 is 343. The molecule has 0 radical (unpaired) electrons. The molecule has 0 nitrogen and oxygen atoms in total. The molecule has 8 saturated carbocycles. The summed E-state index contributed by atoms with van der Waals surface area (Å²) in [4.78, 5) is 0. The van der Waals surface area contributed by atoms with E-state index >= 15 is 0 Å². The third-order valence-electron chi connectivity index (χ3n) is 19.7. The molecule has 0 amide bonds. The van der Waals surface area contributed by atoms with Gasteiger partial charge < -0.3 is 0 Å². The Morgan fingerprint density at radius 2 is 0.494 bits per heavy atom. The monoisotopic (exact) mass is 1300 g/mol. The zero-order valence-electron chi connectivity index (χ0n) is 43.8. The Balaban J connectivity index is 0.000000218. The Morgan fingerprint density at radius 3 is 0.682 bits per heavy atom. The molecule has 1 heterocycles. The van der Waals surface area contributed by atoms with Gasteiger partial charge in [-0.05, 0) is 24.3 Å². The summed E-state index contributed by atoms with van der Waals surface area (Å²) >= 11 is -0.578. The molecule has 0 aromatic heterocycles. The van der Waals surface area contributed by atoms with Gasteiger partial charge in [0.1, 0.15) is 6.15 Å². The molecule has 8 bridgehead atoms. The zero-order chi connectivity index (χ0) is 62.0. The van der Waals surface area contributed by atoms with Crippen LogP contribution in [0.1, 0.15) is 114 Å². The summed E-state index contributed by atoms with van der Waals surface area (Å²) in [6, 6.07) is 3.02. The summed E-state index contributed by atoms with van der Waals surface area (Å²) in [6.07, 6.45) is -38.3. The number of benzene rings is 5. The maximum atomic E-state index is 14.2. The van der Waals surface area contributed by atoms with Crippen LogP contribution in [0.15, 0.2) is 103 Å². The van der Waals surface area contributed by atoms with Gasteiger partial charge in [0.05, 0.1) is 44.5 Å². The maximum absolute atomic E-state index is 14.2. The SMILES string of the molecule is FC(F)(F)c1cc([B-](c2cc(C(F)(F)F)cc(C(F)(F)F)c2)(c2cc(C(F)(F)F)cc(C(F)(F)F)c2)c2cc(C(F)(F)F)cc(C(F)(F)F)c2)cc(C(F)(F)F)c1.c1ccc(C[Se+]2C3(C4CC5CC(C4)CC3C5)C23C2CC4CC(C2)CC3C4)cc1. The van der Waals surface area contributed by atoms with Gasteiger partial charge in [-0.1, -0.05) is 48.5 Å². The van der Waals surface area contributed by atoms with Crippen molar-refractivity contribution >= 4 is 41.9 Å². The van der Waals surface area contributed by atoms with Crippen LogP contribution in [0, 0.1) is 47.3 Å². The Kier molecular flexibility index (Phi) is 14.5. The molecule has 1 saturated heterocycles. The van der Waals surface area contributed by atoms with E-state index in [9.17, 15) is 105 Å². The third-order valence-corrected chi connectivity index (χ3v) is 28.2. The van der Waals surface area contributed by atoms with E-state index in [1.807, 2.05) is 0 Å². The predicted molar refractivity (Wildman–Crippen MR) is 265 cm³/mol. The van der Waals surface area contributed by atoms with E-state index in [-0.39, 0.29) is 0 Å². The van der Waals surface area contributed by atoms with Crippen molar-refractivity contribution in [1.29, 1.82) is 0 Å². The van der Waals surface area contributed by atoms with Crippen molar-refractivity contribution in [2.75, 3.05) is 0 Å². The summed E-state index contributed by atoms with van der Waals surface area (Å²) in [7, 11) is 0. The first-order chi connectivity index (χ1) is 39.0. The van der Waals surface area contributed by atoms with Gasteiger partial charge in [-0.25, -0.2) is 0 Å². The number of rotatable bonds is 6. The van der Waals surface area contributed by atoms with E-state index in [0.717, 1.165) is 32.3 Å². The molecule has 5 aromatic carbocycles. The van der Waals surface area contributed by atoms with Crippen LogP contribution in [0.5, 0.6) is 0 Å². The van der Waals surface area contributed by atoms with Crippen molar-refractivity contribution in [2.24, 2.45) is 47.3 Å². The topological polar surface area (TPSA) is 0 Å². The molecule has 8 aliphatic carbocycles. The van der Waals surface area contributed by atoms with Crippen molar-refractivity contribution in [3.8, 4) is 0 Å². The van der Waals surface area contributed by atoms with E-state index in [2.05, 4.69) is 30.3 Å². The van der Waals surface area contributed by atoms with Crippen LogP contribution in [-0.2, 0) is 54.7 Å². The van der Waals surface area contributed by atoms with Gasteiger partial charge >= 0.3 is 225 Å². The van der Waals surface area contributed by atoms with Gasteiger partial charge in [0.2, 0.25) is 0 Å². The molecular formula is C59H47BF24Se. The summed E-state index contributed by atoms with van der Waals surface area (Å²) in [6.45, 7) is 0. The predicted octanol–water partition coefficient (Wildman–Crippen LogP) is 17.9. The second-order valence-electron chi connectivity index (χ2n) is 24.4. The molecule has 5 aromatic rings. The van der Waals surface area contributed by atoms with Crippen LogP contribution in [0.2, 0.25) is 8.63 Å². The molecule has 9 fully saturated rings. The van der Waals surface area contributed by atoms with E-state index < -0.39 is 209 Å². The molecule has 0 N–H and O–H groups in total. The molecule has 1 aliphatic heterocycles. The van der Waals surface area contributed by atoms with Gasteiger partial charge in [-0.15, -0.1) is 0 Å². The molecule has 26 heteroatoms. The first-order valence-corrected chi connectivity index (χ1v) is 30.1. The van der Waals surface area contributed by atoms with E-state index in [1.54, 1.807) is 75.1 Å². The van der Waals surface area contributed by atoms with Gasteiger partial charge in [0.15, 0.2) is 0 Å². The van der Waals surface area contributed by atoms with Gasteiger partial charge in [0, 0.05) is 0 Å². The summed E-state index contributed by atoms with van der Waals surface area (Å²) in [5.41, 5.74) is -28.5. The van der Waals surface area contributed by atoms with Gasteiger partial charge in [-0.3, -0.25) is 0 Å². The van der Waals surface area contributed by atoms with Crippen molar-refractivity contribution in [3.63, 3.8) is 0 Å². The fourth-order valence-electron chi connectivity index (χ4n) is 17.3. The van der Waals surface area contributed by atoms with Crippen LogP contribution in [0.3, 0.4) is 0 Å². The zero-order valence-corrected chi connectivity index (χ0v) is 45.5. The molecule has 14 rings (SSSR count). The minimum atomic E-state index is -6.13. The number of hydrogen-bond donors (Lipinski definition) is 0. The second kappa shape index (κ2) is 20.0. The fraction of sp³-hybridized carbons (Fsp3) is 0.492. The number of hydrogen-bond acceptors (Lipinski definition) is 0. The Morgan fingerprint density at radius 1 is 0.294 bits per heavy atom. The molecule has 9 aliphatic rings. The van der Waals surface area contributed by atoms with Crippen molar-refractivity contribution in [3.05, 3.63) is 153 Å². The Bertz CT molecular complexity index is 2820. The van der Waals surface area contributed by atoms with Crippen molar-refractivity contribution in [1.82, 2.24) is 0 Å². The van der Waals surface area contributed by atoms with Gasteiger partial charge in [0.25, 0.3) is 0 Å². The number of halogens is 24. The van der Waals surface area contributed by atoms with Crippen molar-refractivity contribution in [2.45, 2.75) is 128 Å². The van der Waals surface area contributed by atoms with E-state index in [1.165, 1.54) is 23.7 Å². The fourth-order valence-corrected chi connectivity index (χ4v) is 28.4. The second-order valence-corrected chi connectivity index (χ2v) is 29.5. The Labute approximate surface area is 473 Å². The first kappa shape index (κ1) is 61.6. The average Bonchev–Trinajstić information content (AvgIpc) is 1.45. The Hall–Kier alpha value is -5.00. The van der Waals surface area contributed by atoms with Crippen LogP contribution in [0.25, 0.3) is 0 Å². The molecule has 0 atom stereocenters. The molecule has 85 heavy (non-hydrogen) atoms. The van der Waals surface area contributed by atoms with E-state index in [4.69, 9.17) is 0 Å². The summed E-state index contributed by atoms with van der Waals surface area (Å²) in [5.74, 6) is 9.28.